The highest BCUT2D eigenvalue weighted by molar-refractivity contribution is 5.91. The van der Waals surface area contributed by atoms with Gasteiger partial charge in [-0.3, -0.25) is 9.69 Å². The maximum atomic E-state index is 11.8. The van der Waals surface area contributed by atoms with Gasteiger partial charge in [0.25, 0.3) is 0 Å². The minimum Gasteiger partial charge on any atom is -0.481 e. The van der Waals surface area contributed by atoms with Crippen LogP contribution in [0.25, 0.3) is 0 Å². The molecule has 0 aromatic heterocycles. The predicted octanol–water partition coefficient (Wildman–Crippen LogP) is 2.49. The van der Waals surface area contributed by atoms with Gasteiger partial charge in [0.2, 0.25) is 0 Å². The van der Waals surface area contributed by atoms with Crippen LogP contribution >= 0.6 is 0 Å². The average molecular weight is 263 g/mol. The number of carboxylic acids is 1. The SMILES string of the molecule is Cc1ccc(C)c(N2C(=O)OCC2CCC(=O)O)c1. The van der Waals surface area contributed by atoms with E-state index in [0.717, 1.165) is 16.8 Å². The van der Waals surface area contributed by atoms with Crippen molar-refractivity contribution >= 4 is 17.7 Å². The lowest BCUT2D eigenvalue weighted by atomic mass is 10.1. The van der Waals surface area contributed by atoms with Gasteiger partial charge in [0, 0.05) is 6.42 Å². The third-order valence-electron chi connectivity index (χ3n) is 3.28. The van der Waals surface area contributed by atoms with E-state index in [1.54, 1.807) is 4.90 Å². The third kappa shape index (κ3) is 2.86. The number of carboxylic acid groups (broad SMARTS) is 1. The summed E-state index contributed by atoms with van der Waals surface area (Å²) in [6, 6.07) is 5.65. The van der Waals surface area contributed by atoms with E-state index >= 15 is 0 Å². The second kappa shape index (κ2) is 5.30. The fourth-order valence-corrected chi connectivity index (χ4v) is 2.24. The van der Waals surface area contributed by atoms with Crippen LogP contribution < -0.4 is 4.90 Å². The van der Waals surface area contributed by atoms with Crippen LogP contribution in [0.15, 0.2) is 18.2 Å². The van der Waals surface area contributed by atoms with Gasteiger partial charge in [0.15, 0.2) is 0 Å². The van der Waals surface area contributed by atoms with Crippen LogP contribution in [-0.4, -0.2) is 29.8 Å². The second-order valence-corrected chi connectivity index (χ2v) is 4.82. The van der Waals surface area contributed by atoms with E-state index in [4.69, 9.17) is 9.84 Å². The molecule has 0 radical (unpaired) electrons. The number of anilines is 1. The summed E-state index contributed by atoms with van der Waals surface area (Å²) in [7, 11) is 0. The van der Waals surface area contributed by atoms with E-state index < -0.39 is 12.1 Å². The summed E-state index contributed by atoms with van der Waals surface area (Å²) in [5, 5.41) is 8.75. The summed E-state index contributed by atoms with van der Waals surface area (Å²) in [6.45, 7) is 4.13. The van der Waals surface area contributed by atoms with Crippen LogP contribution in [0, 0.1) is 13.8 Å². The molecule has 0 spiro atoms. The molecule has 102 valence electrons. The van der Waals surface area contributed by atoms with Crippen molar-refractivity contribution in [2.45, 2.75) is 32.7 Å². The predicted molar refractivity (Wildman–Crippen MR) is 70.4 cm³/mol. The Morgan fingerprint density at radius 3 is 2.89 bits per heavy atom. The fourth-order valence-electron chi connectivity index (χ4n) is 2.24. The standard InChI is InChI=1S/C14H17NO4/c1-9-3-4-10(2)12(7-9)15-11(5-6-13(16)17)8-19-14(15)18/h3-4,7,11H,5-6,8H2,1-2H3,(H,16,17). The Morgan fingerprint density at radius 2 is 2.21 bits per heavy atom. The smallest absolute Gasteiger partial charge is 0.414 e. The molecule has 5 nitrogen and oxygen atoms in total. The number of amides is 1. The number of aliphatic carboxylic acids is 1. The average Bonchev–Trinajstić information content (AvgIpc) is 2.71. The van der Waals surface area contributed by atoms with Crippen molar-refractivity contribution in [2.24, 2.45) is 0 Å². The summed E-state index contributed by atoms with van der Waals surface area (Å²) in [5.74, 6) is -0.861. The maximum Gasteiger partial charge on any atom is 0.414 e. The van der Waals surface area contributed by atoms with E-state index in [1.165, 1.54) is 0 Å². The second-order valence-electron chi connectivity index (χ2n) is 4.82. The highest BCUT2D eigenvalue weighted by Crippen LogP contribution is 2.29. The molecule has 0 aliphatic carbocycles. The fraction of sp³-hybridized carbons (Fsp3) is 0.429. The van der Waals surface area contributed by atoms with Gasteiger partial charge >= 0.3 is 12.1 Å². The van der Waals surface area contributed by atoms with E-state index in [9.17, 15) is 9.59 Å². The van der Waals surface area contributed by atoms with Crippen molar-refractivity contribution in [3.05, 3.63) is 29.3 Å². The number of benzene rings is 1. The minimum atomic E-state index is -0.861. The summed E-state index contributed by atoms with van der Waals surface area (Å²) in [6.07, 6.45) is 0.0287. The number of carbonyl (C=O) groups excluding carboxylic acids is 1. The Morgan fingerprint density at radius 1 is 1.47 bits per heavy atom. The number of ether oxygens (including phenoxy) is 1. The van der Waals surface area contributed by atoms with Crippen molar-refractivity contribution in [3.63, 3.8) is 0 Å². The molecule has 1 atom stereocenters. The lowest BCUT2D eigenvalue weighted by molar-refractivity contribution is -0.137. The van der Waals surface area contributed by atoms with E-state index in [0.29, 0.717) is 6.42 Å². The first-order valence-corrected chi connectivity index (χ1v) is 6.24. The van der Waals surface area contributed by atoms with Crippen molar-refractivity contribution < 1.29 is 19.4 Å². The normalized spacial score (nSPS) is 18.5. The van der Waals surface area contributed by atoms with Crippen molar-refractivity contribution in [1.82, 2.24) is 0 Å². The quantitative estimate of drug-likeness (QED) is 0.906. The van der Waals surface area contributed by atoms with Crippen LogP contribution in [0.3, 0.4) is 0 Å². The van der Waals surface area contributed by atoms with Gasteiger partial charge in [0.1, 0.15) is 6.61 Å². The molecule has 0 saturated carbocycles. The molecule has 1 aromatic rings. The highest BCUT2D eigenvalue weighted by atomic mass is 16.6. The van der Waals surface area contributed by atoms with E-state index in [2.05, 4.69) is 0 Å². The first-order chi connectivity index (χ1) is 8.99. The van der Waals surface area contributed by atoms with Crippen molar-refractivity contribution in [3.8, 4) is 0 Å². The van der Waals surface area contributed by atoms with Gasteiger partial charge in [0.05, 0.1) is 11.7 Å². The molecule has 5 heteroatoms. The van der Waals surface area contributed by atoms with Gasteiger partial charge in [-0.25, -0.2) is 4.79 Å². The highest BCUT2D eigenvalue weighted by Gasteiger charge is 2.35. The van der Waals surface area contributed by atoms with Crippen molar-refractivity contribution in [1.29, 1.82) is 0 Å². The molecule has 1 N–H and O–H groups in total. The third-order valence-corrected chi connectivity index (χ3v) is 3.28. The number of aryl methyl sites for hydroxylation is 2. The summed E-state index contributed by atoms with van der Waals surface area (Å²) in [4.78, 5) is 24.1. The zero-order valence-electron chi connectivity index (χ0n) is 11.0. The largest absolute Gasteiger partial charge is 0.481 e. The van der Waals surface area contributed by atoms with Gasteiger partial charge in [-0.2, -0.15) is 0 Å². The zero-order chi connectivity index (χ0) is 14.0. The Hall–Kier alpha value is -2.04. The van der Waals surface area contributed by atoms with E-state index in [-0.39, 0.29) is 19.1 Å². The van der Waals surface area contributed by atoms with Gasteiger partial charge in [-0.15, -0.1) is 0 Å². The van der Waals surface area contributed by atoms with E-state index in [1.807, 2.05) is 32.0 Å². The Labute approximate surface area is 111 Å². The van der Waals surface area contributed by atoms with Gasteiger partial charge in [-0.05, 0) is 37.5 Å². The number of hydrogen-bond donors (Lipinski definition) is 1. The molecule has 2 rings (SSSR count). The summed E-state index contributed by atoms with van der Waals surface area (Å²) in [5.41, 5.74) is 2.83. The molecule has 1 aliphatic heterocycles. The Bertz CT molecular complexity index is 512. The number of rotatable bonds is 4. The molecule has 1 saturated heterocycles. The number of nitrogens with zero attached hydrogens (tertiary/aromatic N) is 1. The van der Waals surface area contributed by atoms with Crippen molar-refractivity contribution in [2.75, 3.05) is 11.5 Å². The first-order valence-electron chi connectivity index (χ1n) is 6.24. The number of carbonyl (C=O) groups is 2. The molecule has 1 fully saturated rings. The number of hydrogen-bond acceptors (Lipinski definition) is 3. The van der Waals surface area contributed by atoms with Crippen LogP contribution in [0.2, 0.25) is 0 Å². The van der Waals surface area contributed by atoms with Crippen LogP contribution in [0.5, 0.6) is 0 Å². The molecular formula is C14H17NO4. The minimum absolute atomic E-state index is 0.0304. The lowest BCUT2D eigenvalue weighted by Gasteiger charge is -2.23. The molecular weight excluding hydrogens is 246 g/mol. The molecule has 1 unspecified atom stereocenters. The zero-order valence-corrected chi connectivity index (χ0v) is 11.0. The van der Waals surface area contributed by atoms with Crippen LogP contribution in [0.4, 0.5) is 10.5 Å². The topological polar surface area (TPSA) is 66.8 Å². The molecule has 1 aliphatic rings. The van der Waals surface area contributed by atoms with Gasteiger partial charge < -0.3 is 9.84 Å². The maximum absolute atomic E-state index is 11.8. The lowest BCUT2D eigenvalue weighted by Crippen LogP contribution is -2.34. The molecule has 0 bridgehead atoms. The summed E-state index contributed by atoms with van der Waals surface area (Å²) < 4.78 is 5.05. The molecule has 1 aromatic carbocycles. The first kappa shape index (κ1) is 13.4. The summed E-state index contributed by atoms with van der Waals surface area (Å²) >= 11 is 0. The number of cyclic esters (lactones) is 1. The Kier molecular flexibility index (Phi) is 3.74. The Balaban J connectivity index is 2.26. The van der Waals surface area contributed by atoms with Crippen LogP contribution in [-0.2, 0) is 9.53 Å². The molecule has 1 heterocycles. The molecule has 1 amide bonds. The van der Waals surface area contributed by atoms with Gasteiger partial charge in [-0.1, -0.05) is 12.1 Å². The monoisotopic (exact) mass is 263 g/mol. The van der Waals surface area contributed by atoms with Crippen LogP contribution in [0.1, 0.15) is 24.0 Å². The molecule has 19 heavy (non-hydrogen) atoms.